The summed E-state index contributed by atoms with van der Waals surface area (Å²) < 4.78 is 0. The first-order valence-corrected chi connectivity index (χ1v) is 7.21. The first-order valence-electron chi connectivity index (χ1n) is 7.21. The van der Waals surface area contributed by atoms with E-state index in [1.165, 1.54) is 5.56 Å². The highest BCUT2D eigenvalue weighted by Crippen LogP contribution is 2.09. The number of anilines is 1. The number of rotatable bonds is 6. The number of amides is 1. The maximum Gasteiger partial charge on any atom is 0.253 e. The molecule has 0 atom stereocenters. The maximum absolute atomic E-state index is 12.2. The van der Waals surface area contributed by atoms with E-state index in [-0.39, 0.29) is 5.91 Å². The molecule has 1 aromatic heterocycles. The summed E-state index contributed by atoms with van der Waals surface area (Å²) in [5.41, 5.74) is 3.73. The predicted molar refractivity (Wildman–Crippen MR) is 85.4 cm³/mol. The Labute approximate surface area is 125 Å². The third-order valence-electron chi connectivity index (χ3n) is 3.12. The molecule has 0 aliphatic rings. The molecule has 1 aromatic carbocycles. The number of carbonyl (C=O) groups is 1. The van der Waals surface area contributed by atoms with Gasteiger partial charge in [-0.1, -0.05) is 36.8 Å². The van der Waals surface area contributed by atoms with Crippen LogP contribution in [0, 0.1) is 6.92 Å². The Morgan fingerprint density at radius 1 is 1.24 bits per heavy atom. The molecule has 0 bridgehead atoms. The van der Waals surface area contributed by atoms with Crippen LogP contribution in [0.15, 0.2) is 42.7 Å². The third kappa shape index (κ3) is 4.60. The van der Waals surface area contributed by atoms with Crippen LogP contribution in [-0.4, -0.2) is 17.4 Å². The van der Waals surface area contributed by atoms with Crippen LogP contribution < -0.4 is 10.6 Å². The van der Waals surface area contributed by atoms with Crippen molar-refractivity contribution in [2.24, 2.45) is 0 Å². The summed E-state index contributed by atoms with van der Waals surface area (Å²) in [5.74, 6) is -0.107. The van der Waals surface area contributed by atoms with E-state index in [4.69, 9.17) is 0 Å². The fourth-order valence-corrected chi connectivity index (χ4v) is 2.04. The van der Waals surface area contributed by atoms with Gasteiger partial charge >= 0.3 is 0 Å². The summed E-state index contributed by atoms with van der Waals surface area (Å²) in [7, 11) is 0. The van der Waals surface area contributed by atoms with Crippen molar-refractivity contribution in [2.45, 2.75) is 26.8 Å². The van der Waals surface area contributed by atoms with Gasteiger partial charge in [0.2, 0.25) is 0 Å². The average molecular weight is 283 g/mol. The Morgan fingerprint density at radius 2 is 2.10 bits per heavy atom. The Kier molecular flexibility index (Phi) is 5.32. The topological polar surface area (TPSA) is 54.0 Å². The summed E-state index contributed by atoms with van der Waals surface area (Å²) in [6.07, 6.45) is 4.35. The van der Waals surface area contributed by atoms with Crippen molar-refractivity contribution in [2.75, 3.05) is 11.9 Å². The SMILES string of the molecule is CCCNc1cncc(C(=O)NCc2cccc(C)c2)c1. The summed E-state index contributed by atoms with van der Waals surface area (Å²) in [4.78, 5) is 16.3. The number of aryl methyl sites for hydroxylation is 1. The molecule has 1 heterocycles. The van der Waals surface area contributed by atoms with Crippen molar-refractivity contribution in [3.05, 3.63) is 59.4 Å². The van der Waals surface area contributed by atoms with Gasteiger partial charge in [-0.2, -0.15) is 0 Å². The molecule has 0 radical (unpaired) electrons. The third-order valence-corrected chi connectivity index (χ3v) is 3.12. The Bertz CT molecular complexity index is 610. The highest BCUT2D eigenvalue weighted by atomic mass is 16.1. The second-order valence-electron chi connectivity index (χ2n) is 5.06. The zero-order valence-electron chi connectivity index (χ0n) is 12.5. The maximum atomic E-state index is 12.2. The zero-order valence-corrected chi connectivity index (χ0v) is 12.5. The van der Waals surface area contributed by atoms with E-state index < -0.39 is 0 Å². The van der Waals surface area contributed by atoms with Crippen LogP contribution in [0.2, 0.25) is 0 Å². The fraction of sp³-hybridized carbons (Fsp3) is 0.294. The molecule has 0 saturated carbocycles. The monoisotopic (exact) mass is 283 g/mol. The minimum Gasteiger partial charge on any atom is -0.384 e. The fourth-order valence-electron chi connectivity index (χ4n) is 2.04. The molecule has 0 aliphatic heterocycles. The van der Waals surface area contributed by atoms with Gasteiger partial charge in [0.25, 0.3) is 5.91 Å². The van der Waals surface area contributed by atoms with E-state index in [1.54, 1.807) is 12.4 Å². The van der Waals surface area contributed by atoms with Crippen molar-refractivity contribution >= 4 is 11.6 Å². The minimum absolute atomic E-state index is 0.107. The normalized spacial score (nSPS) is 10.2. The second kappa shape index (κ2) is 7.43. The van der Waals surface area contributed by atoms with Crippen molar-refractivity contribution in [3.8, 4) is 0 Å². The second-order valence-corrected chi connectivity index (χ2v) is 5.06. The number of hydrogen-bond donors (Lipinski definition) is 2. The summed E-state index contributed by atoms with van der Waals surface area (Å²) in [6.45, 7) is 5.53. The molecule has 110 valence electrons. The van der Waals surface area contributed by atoms with Crippen LogP contribution >= 0.6 is 0 Å². The predicted octanol–water partition coefficient (Wildman–Crippen LogP) is 3.14. The smallest absolute Gasteiger partial charge is 0.253 e. The lowest BCUT2D eigenvalue weighted by Gasteiger charge is -2.08. The molecular formula is C17H21N3O. The number of benzene rings is 1. The van der Waals surface area contributed by atoms with E-state index in [0.717, 1.165) is 24.2 Å². The van der Waals surface area contributed by atoms with Crippen LogP contribution in [0.1, 0.15) is 34.8 Å². The number of hydrogen-bond acceptors (Lipinski definition) is 3. The summed E-state index contributed by atoms with van der Waals surface area (Å²) in [5, 5.41) is 6.15. The lowest BCUT2D eigenvalue weighted by molar-refractivity contribution is 0.0950. The Balaban J connectivity index is 1.96. The summed E-state index contributed by atoms with van der Waals surface area (Å²) in [6, 6.07) is 9.93. The minimum atomic E-state index is -0.107. The van der Waals surface area contributed by atoms with Gasteiger partial charge in [-0.05, 0) is 25.0 Å². The molecule has 4 heteroatoms. The lowest BCUT2D eigenvalue weighted by atomic mass is 10.1. The van der Waals surface area contributed by atoms with Crippen LogP contribution in [-0.2, 0) is 6.54 Å². The zero-order chi connectivity index (χ0) is 15.1. The van der Waals surface area contributed by atoms with Gasteiger partial charge in [-0.15, -0.1) is 0 Å². The highest BCUT2D eigenvalue weighted by Gasteiger charge is 2.06. The van der Waals surface area contributed by atoms with Crippen LogP contribution in [0.5, 0.6) is 0 Å². The molecule has 2 aromatic rings. The van der Waals surface area contributed by atoms with E-state index in [0.29, 0.717) is 12.1 Å². The molecule has 0 aliphatic carbocycles. The molecule has 4 nitrogen and oxygen atoms in total. The molecule has 0 fully saturated rings. The number of carbonyl (C=O) groups excluding carboxylic acids is 1. The highest BCUT2D eigenvalue weighted by molar-refractivity contribution is 5.94. The van der Waals surface area contributed by atoms with Crippen molar-refractivity contribution < 1.29 is 4.79 Å². The lowest BCUT2D eigenvalue weighted by Crippen LogP contribution is -2.23. The largest absolute Gasteiger partial charge is 0.384 e. The molecule has 21 heavy (non-hydrogen) atoms. The van der Waals surface area contributed by atoms with E-state index in [1.807, 2.05) is 31.2 Å². The van der Waals surface area contributed by atoms with E-state index >= 15 is 0 Å². The van der Waals surface area contributed by atoms with Crippen LogP contribution in [0.3, 0.4) is 0 Å². The molecule has 2 rings (SSSR count). The number of nitrogens with one attached hydrogen (secondary N) is 2. The first-order chi connectivity index (χ1) is 10.2. The Hall–Kier alpha value is -2.36. The number of nitrogens with zero attached hydrogens (tertiary/aromatic N) is 1. The first kappa shape index (κ1) is 15.0. The summed E-state index contributed by atoms with van der Waals surface area (Å²) >= 11 is 0. The van der Waals surface area contributed by atoms with Crippen molar-refractivity contribution in [1.29, 1.82) is 0 Å². The van der Waals surface area contributed by atoms with Gasteiger partial charge in [-0.25, -0.2) is 0 Å². The van der Waals surface area contributed by atoms with Gasteiger partial charge in [0, 0.05) is 25.5 Å². The van der Waals surface area contributed by atoms with Gasteiger partial charge < -0.3 is 10.6 Å². The standard InChI is InChI=1S/C17H21N3O/c1-3-7-19-16-9-15(11-18-12-16)17(21)20-10-14-6-4-5-13(2)8-14/h4-6,8-9,11-12,19H,3,7,10H2,1-2H3,(H,20,21). The van der Waals surface area contributed by atoms with Gasteiger partial charge in [0.1, 0.15) is 0 Å². The van der Waals surface area contributed by atoms with Gasteiger partial charge in [0.05, 0.1) is 11.3 Å². The number of aromatic nitrogens is 1. The molecule has 2 N–H and O–H groups in total. The van der Waals surface area contributed by atoms with Gasteiger partial charge in [-0.3, -0.25) is 9.78 Å². The Morgan fingerprint density at radius 3 is 2.86 bits per heavy atom. The van der Waals surface area contributed by atoms with Crippen molar-refractivity contribution in [1.82, 2.24) is 10.3 Å². The molecule has 0 spiro atoms. The molecule has 0 unspecified atom stereocenters. The molecule has 1 amide bonds. The van der Waals surface area contributed by atoms with Crippen molar-refractivity contribution in [3.63, 3.8) is 0 Å². The average Bonchev–Trinajstić information content (AvgIpc) is 2.51. The van der Waals surface area contributed by atoms with E-state index in [9.17, 15) is 4.79 Å². The van der Waals surface area contributed by atoms with Crippen LogP contribution in [0.25, 0.3) is 0 Å². The quantitative estimate of drug-likeness (QED) is 0.856. The van der Waals surface area contributed by atoms with Crippen LogP contribution in [0.4, 0.5) is 5.69 Å². The molecule has 0 saturated heterocycles. The van der Waals surface area contributed by atoms with Gasteiger partial charge in [0.15, 0.2) is 0 Å². The molecular weight excluding hydrogens is 262 g/mol. The number of pyridine rings is 1. The van der Waals surface area contributed by atoms with E-state index in [2.05, 4.69) is 28.6 Å².